The lowest BCUT2D eigenvalue weighted by atomic mass is 9.92. The number of aliphatic hydroxyl groups is 1. The van der Waals surface area contributed by atoms with E-state index in [0.29, 0.717) is 4.91 Å². The Morgan fingerprint density at radius 1 is 1.53 bits per heavy atom. The van der Waals surface area contributed by atoms with E-state index in [1.54, 1.807) is 6.92 Å². The largest absolute Gasteiger partial charge is 0.477 e. The summed E-state index contributed by atoms with van der Waals surface area (Å²) in [6.45, 7) is 3.21. The van der Waals surface area contributed by atoms with Crippen molar-refractivity contribution in [2.24, 2.45) is 11.7 Å². The van der Waals surface area contributed by atoms with E-state index < -0.39 is 24.0 Å². The molecule has 2 rings (SSSR count). The number of nitrogens with two attached hydrogens (primary N) is 1. The molecule has 1 fully saturated rings. The highest BCUT2D eigenvalue weighted by Gasteiger charge is 2.57. The minimum Gasteiger partial charge on any atom is -0.477 e. The minimum atomic E-state index is -1.15. The average Bonchev–Trinajstić information content (AvgIpc) is 2.52. The van der Waals surface area contributed by atoms with E-state index in [1.807, 2.05) is 0 Å². The predicted molar refractivity (Wildman–Crippen MR) is 61.7 cm³/mol. The first-order valence-electron chi connectivity index (χ1n) is 5.27. The van der Waals surface area contributed by atoms with E-state index >= 15 is 0 Å². The van der Waals surface area contributed by atoms with E-state index in [2.05, 4.69) is 0 Å². The zero-order valence-corrected chi connectivity index (χ0v) is 10.3. The second-order valence-corrected chi connectivity index (χ2v) is 5.45. The number of carboxylic acid groups (broad SMARTS) is 1. The van der Waals surface area contributed by atoms with Crippen molar-refractivity contribution < 1.29 is 19.8 Å². The molecular weight excluding hydrogens is 244 g/mol. The van der Waals surface area contributed by atoms with Gasteiger partial charge in [0.2, 0.25) is 5.91 Å². The molecule has 2 heterocycles. The standard InChI is InChI=1S/C10H14N2O4S/c1-3(11)7-6(10(15)16)12-8(14)5(4(2)13)9(12)17-7/h3-5,9,13H,11H2,1-2H3,(H,15,16)/t3?,4?,5?,9-/m0/s1. The van der Waals surface area contributed by atoms with Crippen molar-refractivity contribution >= 4 is 23.6 Å². The van der Waals surface area contributed by atoms with Gasteiger partial charge in [0, 0.05) is 10.9 Å². The number of fused-ring (bicyclic) bond motifs is 1. The van der Waals surface area contributed by atoms with Gasteiger partial charge >= 0.3 is 5.97 Å². The van der Waals surface area contributed by atoms with Gasteiger partial charge in [-0.3, -0.25) is 9.69 Å². The summed E-state index contributed by atoms with van der Waals surface area (Å²) in [5.74, 6) is -2.03. The van der Waals surface area contributed by atoms with Crippen molar-refractivity contribution in [2.75, 3.05) is 0 Å². The SMILES string of the molecule is CC(N)C1=C(C(=O)O)N2C(=O)C(C(C)O)[C@@H]2S1. The van der Waals surface area contributed by atoms with Crippen LogP contribution in [0.15, 0.2) is 10.6 Å². The van der Waals surface area contributed by atoms with Gasteiger partial charge in [0.15, 0.2) is 0 Å². The van der Waals surface area contributed by atoms with Crippen LogP contribution in [0.1, 0.15) is 13.8 Å². The Kier molecular flexibility index (Phi) is 2.92. The van der Waals surface area contributed by atoms with Crippen molar-refractivity contribution in [3.63, 3.8) is 0 Å². The van der Waals surface area contributed by atoms with E-state index in [4.69, 9.17) is 10.8 Å². The number of thioether (sulfide) groups is 1. The van der Waals surface area contributed by atoms with Crippen LogP contribution in [-0.2, 0) is 9.59 Å². The molecule has 1 saturated heterocycles. The lowest BCUT2D eigenvalue weighted by molar-refractivity contribution is -0.156. The summed E-state index contributed by atoms with van der Waals surface area (Å²) in [4.78, 5) is 24.7. The zero-order valence-electron chi connectivity index (χ0n) is 9.45. The van der Waals surface area contributed by atoms with Gasteiger partial charge in [-0.1, -0.05) is 11.8 Å². The zero-order chi connectivity index (χ0) is 12.9. The smallest absolute Gasteiger partial charge is 0.353 e. The molecule has 0 spiro atoms. The molecule has 0 aromatic carbocycles. The van der Waals surface area contributed by atoms with Crippen molar-refractivity contribution in [3.05, 3.63) is 10.6 Å². The molecule has 2 aliphatic heterocycles. The van der Waals surface area contributed by atoms with Crippen molar-refractivity contribution in [3.8, 4) is 0 Å². The van der Waals surface area contributed by atoms with Gasteiger partial charge < -0.3 is 15.9 Å². The Bertz CT molecular complexity index is 419. The fraction of sp³-hybridized carbons (Fsp3) is 0.600. The van der Waals surface area contributed by atoms with Gasteiger partial charge in [0.25, 0.3) is 0 Å². The highest BCUT2D eigenvalue weighted by molar-refractivity contribution is 8.04. The fourth-order valence-corrected chi connectivity index (χ4v) is 3.71. The summed E-state index contributed by atoms with van der Waals surface area (Å²) in [6, 6.07) is -0.431. The summed E-state index contributed by atoms with van der Waals surface area (Å²) < 4.78 is 0. The molecule has 94 valence electrons. The number of carbonyl (C=O) groups is 2. The lowest BCUT2D eigenvalue weighted by Crippen LogP contribution is -2.60. The monoisotopic (exact) mass is 258 g/mol. The average molecular weight is 258 g/mol. The summed E-state index contributed by atoms with van der Waals surface area (Å²) >= 11 is 1.26. The maximum atomic E-state index is 11.8. The number of aliphatic carboxylic acids is 1. The van der Waals surface area contributed by atoms with Crippen molar-refractivity contribution in [1.82, 2.24) is 4.90 Å². The van der Waals surface area contributed by atoms with Gasteiger partial charge in [-0.05, 0) is 13.8 Å². The molecule has 4 atom stereocenters. The third kappa shape index (κ3) is 1.65. The molecule has 0 bridgehead atoms. The van der Waals surface area contributed by atoms with Gasteiger partial charge in [-0.2, -0.15) is 0 Å². The topological polar surface area (TPSA) is 104 Å². The summed E-state index contributed by atoms with van der Waals surface area (Å²) in [6.07, 6.45) is -0.779. The number of hydrogen-bond donors (Lipinski definition) is 3. The van der Waals surface area contributed by atoms with E-state index in [-0.39, 0.29) is 17.0 Å². The van der Waals surface area contributed by atoms with Crippen LogP contribution >= 0.6 is 11.8 Å². The van der Waals surface area contributed by atoms with Crippen LogP contribution in [0.2, 0.25) is 0 Å². The minimum absolute atomic E-state index is 0.0306. The first-order chi connectivity index (χ1) is 7.86. The Morgan fingerprint density at radius 3 is 2.53 bits per heavy atom. The second kappa shape index (κ2) is 4.01. The number of carboxylic acids is 1. The molecule has 0 saturated carbocycles. The molecule has 0 aromatic heterocycles. The number of aliphatic hydroxyl groups excluding tert-OH is 1. The van der Waals surface area contributed by atoms with E-state index in [0.717, 1.165) is 0 Å². The number of β-lactam (4-membered cyclic amide) rings is 1. The lowest BCUT2D eigenvalue weighted by Gasteiger charge is -2.43. The first-order valence-corrected chi connectivity index (χ1v) is 6.15. The fourth-order valence-electron chi connectivity index (χ4n) is 2.13. The van der Waals surface area contributed by atoms with Gasteiger partial charge in [0.1, 0.15) is 11.1 Å². The van der Waals surface area contributed by atoms with E-state index in [1.165, 1.54) is 23.6 Å². The van der Waals surface area contributed by atoms with Crippen LogP contribution in [0.25, 0.3) is 0 Å². The third-order valence-corrected chi connectivity index (χ3v) is 4.51. The third-order valence-electron chi connectivity index (χ3n) is 2.94. The van der Waals surface area contributed by atoms with Crippen LogP contribution in [-0.4, -0.2) is 44.5 Å². The first kappa shape index (κ1) is 12.4. The molecule has 17 heavy (non-hydrogen) atoms. The normalized spacial score (nSPS) is 31.1. The number of nitrogens with zero attached hydrogens (tertiary/aromatic N) is 1. The highest BCUT2D eigenvalue weighted by atomic mass is 32.2. The van der Waals surface area contributed by atoms with Gasteiger partial charge in [-0.25, -0.2) is 4.79 Å². The number of amides is 1. The Morgan fingerprint density at radius 2 is 2.12 bits per heavy atom. The second-order valence-electron chi connectivity index (χ2n) is 4.29. The summed E-state index contributed by atoms with van der Waals surface area (Å²) in [5.41, 5.74) is 5.67. The van der Waals surface area contributed by atoms with Crippen LogP contribution in [0.5, 0.6) is 0 Å². The number of rotatable bonds is 3. The van der Waals surface area contributed by atoms with Crippen molar-refractivity contribution in [1.29, 1.82) is 0 Å². The molecule has 0 aliphatic carbocycles. The molecular formula is C10H14N2O4S. The predicted octanol–water partition coefficient (Wildman–Crippen LogP) is -0.458. The maximum Gasteiger partial charge on any atom is 0.353 e. The maximum absolute atomic E-state index is 11.8. The summed E-state index contributed by atoms with van der Waals surface area (Å²) in [5, 5.41) is 18.3. The highest BCUT2D eigenvalue weighted by Crippen LogP contribution is 2.50. The molecule has 6 nitrogen and oxygen atoms in total. The van der Waals surface area contributed by atoms with Crippen LogP contribution < -0.4 is 5.73 Å². The molecule has 3 unspecified atom stereocenters. The Hall–Kier alpha value is -1.05. The van der Waals surface area contributed by atoms with Gasteiger partial charge in [0.05, 0.1) is 12.0 Å². The van der Waals surface area contributed by atoms with Crippen LogP contribution in [0.3, 0.4) is 0 Å². The molecule has 0 radical (unpaired) electrons. The van der Waals surface area contributed by atoms with Crippen molar-refractivity contribution in [2.45, 2.75) is 31.4 Å². The molecule has 0 aromatic rings. The quantitative estimate of drug-likeness (QED) is 0.592. The molecule has 7 heteroatoms. The molecule has 1 amide bonds. The van der Waals surface area contributed by atoms with Gasteiger partial charge in [-0.15, -0.1) is 0 Å². The van der Waals surface area contributed by atoms with Crippen LogP contribution in [0, 0.1) is 5.92 Å². The van der Waals surface area contributed by atoms with Crippen LogP contribution in [0.4, 0.5) is 0 Å². The van der Waals surface area contributed by atoms with E-state index in [9.17, 15) is 14.7 Å². The summed E-state index contributed by atoms with van der Waals surface area (Å²) in [7, 11) is 0. The number of carbonyl (C=O) groups excluding carboxylic acids is 1. The Labute approximate surface area is 102 Å². The Balaban J connectivity index is 2.33. The molecule has 2 aliphatic rings. The number of hydrogen-bond acceptors (Lipinski definition) is 5. The molecule has 4 N–H and O–H groups in total.